The van der Waals surface area contributed by atoms with Crippen LogP contribution >= 0.6 is 11.3 Å². The molecule has 1 aromatic rings. The van der Waals surface area contributed by atoms with E-state index in [9.17, 15) is 5.11 Å². The fourth-order valence-corrected chi connectivity index (χ4v) is 4.26. The number of thiazole rings is 1. The Balaban J connectivity index is 1.79. The van der Waals surface area contributed by atoms with E-state index in [1.165, 1.54) is 49.4 Å². The van der Waals surface area contributed by atoms with Crippen molar-refractivity contribution < 1.29 is 5.11 Å². The normalized spacial score (nSPS) is 25.1. The summed E-state index contributed by atoms with van der Waals surface area (Å²) in [5.74, 6) is 0.611. The molecule has 4 heteroatoms. The molecule has 0 amide bonds. The van der Waals surface area contributed by atoms with Crippen LogP contribution in [0.15, 0.2) is 0 Å². The zero-order chi connectivity index (χ0) is 14.3. The first kappa shape index (κ1) is 14.5. The monoisotopic (exact) mass is 294 g/mol. The summed E-state index contributed by atoms with van der Waals surface area (Å²) in [6.45, 7) is 8.25. The van der Waals surface area contributed by atoms with Gasteiger partial charge in [-0.3, -0.25) is 4.90 Å². The van der Waals surface area contributed by atoms with Crippen LogP contribution in [-0.2, 0) is 12.1 Å². The molecule has 1 aliphatic carbocycles. The lowest BCUT2D eigenvalue weighted by molar-refractivity contribution is 0.0813. The molecule has 1 aliphatic heterocycles. The number of aromatic nitrogens is 1. The maximum Gasteiger partial charge on any atom is 0.107 e. The summed E-state index contributed by atoms with van der Waals surface area (Å²) in [4.78, 5) is 8.53. The van der Waals surface area contributed by atoms with Gasteiger partial charge in [0.25, 0.3) is 0 Å². The minimum Gasteiger partial charge on any atom is -0.385 e. The fourth-order valence-electron chi connectivity index (χ4n) is 3.08. The molecular weight excluding hydrogens is 268 g/mol. The third-order valence-corrected chi connectivity index (χ3v) is 5.87. The van der Waals surface area contributed by atoms with Crippen molar-refractivity contribution in [3.05, 3.63) is 15.6 Å². The molecule has 2 aliphatic rings. The average molecular weight is 294 g/mol. The van der Waals surface area contributed by atoms with Crippen molar-refractivity contribution in [1.29, 1.82) is 0 Å². The lowest BCUT2D eigenvalue weighted by atomic mass is 10.0. The summed E-state index contributed by atoms with van der Waals surface area (Å²) in [6, 6.07) is 0.669. The number of nitrogens with zero attached hydrogens (tertiary/aromatic N) is 2. The van der Waals surface area contributed by atoms with Crippen molar-refractivity contribution in [3.8, 4) is 0 Å². The van der Waals surface area contributed by atoms with Crippen molar-refractivity contribution >= 4 is 11.3 Å². The highest BCUT2D eigenvalue weighted by Gasteiger charge is 2.35. The van der Waals surface area contributed by atoms with E-state index in [4.69, 9.17) is 4.98 Å². The van der Waals surface area contributed by atoms with Gasteiger partial charge in [0.15, 0.2) is 0 Å². The van der Waals surface area contributed by atoms with Crippen LogP contribution in [0.2, 0.25) is 0 Å². The van der Waals surface area contributed by atoms with E-state index in [1.54, 1.807) is 11.3 Å². The first-order valence-electron chi connectivity index (χ1n) is 7.91. The van der Waals surface area contributed by atoms with Crippen molar-refractivity contribution in [2.75, 3.05) is 6.54 Å². The predicted octanol–water partition coefficient (Wildman–Crippen LogP) is 3.62. The van der Waals surface area contributed by atoms with E-state index < -0.39 is 5.60 Å². The molecule has 1 unspecified atom stereocenters. The number of hydrogen-bond donors (Lipinski definition) is 1. The van der Waals surface area contributed by atoms with Gasteiger partial charge in [0, 0.05) is 12.0 Å². The summed E-state index contributed by atoms with van der Waals surface area (Å²) < 4.78 is 0. The summed E-state index contributed by atoms with van der Waals surface area (Å²) in [6.07, 6.45) is 6.46. The van der Waals surface area contributed by atoms with Crippen molar-refractivity contribution in [2.45, 2.75) is 77.0 Å². The van der Waals surface area contributed by atoms with Crippen LogP contribution in [-0.4, -0.2) is 27.6 Å². The Morgan fingerprint density at radius 3 is 2.65 bits per heavy atom. The van der Waals surface area contributed by atoms with Gasteiger partial charge in [-0.15, -0.1) is 11.3 Å². The van der Waals surface area contributed by atoms with Crippen LogP contribution in [0.5, 0.6) is 0 Å². The topological polar surface area (TPSA) is 36.4 Å². The lowest BCUT2D eigenvalue weighted by Crippen LogP contribution is -2.36. The number of likely N-dealkylation sites (tertiary alicyclic amines) is 1. The van der Waals surface area contributed by atoms with Crippen molar-refractivity contribution in [2.24, 2.45) is 0 Å². The van der Waals surface area contributed by atoms with Gasteiger partial charge in [0.05, 0.1) is 22.7 Å². The van der Waals surface area contributed by atoms with Gasteiger partial charge in [-0.05, 0) is 53.0 Å². The Labute approximate surface area is 126 Å². The first-order valence-corrected chi connectivity index (χ1v) is 8.73. The second kappa shape index (κ2) is 5.39. The molecule has 112 valence electrons. The van der Waals surface area contributed by atoms with Gasteiger partial charge in [0.1, 0.15) is 5.01 Å². The molecule has 0 aromatic carbocycles. The Morgan fingerprint density at radius 2 is 2.05 bits per heavy atom. The summed E-state index contributed by atoms with van der Waals surface area (Å²) >= 11 is 1.73. The third-order valence-electron chi connectivity index (χ3n) is 4.50. The zero-order valence-electron chi connectivity index (χ0n) is 12.9. The molecule has 2 fully saturated rings. The molecule has 1 atom stereocenters. The molecule has 2 heterocycles. The quantitative estimate of drug-likeness (QED) is 0.921. The second-order valence-electron chi connectivity index (χ2n) is 6.97. The highest BCUT2D eigenvalue weighted by molar-refractivity contribution is 7.11. The Bertz CT molecular complexity index is 473. The minimum absolute atomic E-state index is 0.611. The molecule has 1 N–H and O–H groups in total. The molecule has 3 nitrogen and oxygen atoms in total. The van der Waals surface area contributed by atoms with E-state index in [2.05, 4.69) is 11.8 Å². The van der Waals surface area contributed by atoms with E-state index in [-0.39, 0.29) is 0 Å². The minimum atomic E-state index is -0.749. The average Bonchev–Trinajstić information content (AvgIpc) is 3.12. The SMILES string of the molecule is CC1CCCCN1Cc1nc(C2CC2)c(C(C)(C)O)s1. The van der Waals surface area contributed by atoms with Gasteiger partial charge in [-0.1, -0.05) is 6.42 Å². The molecule has 1 aromatic heterocycles. The maximum absolute atomic E-state index is 10.4. The molecule has 0 spiro atoms. The molecule has 1 saturated carbocycles. The van der Waals surface area contributed by atoms with E-state index in [1.807, 2.05) is 13.8 Å². The fraction of sp³-hybridized carbons (Fsp3) is 0.812. The number of hydrogen-bond acceptors (Lipinski definition) is 4. The Morgan fingerprint density at radius 1 is 1.30 bits per heavy atom. The van der Waals surface area contributed by atoms with Crippen LogP contribution < -0.4 is 0 Å². The van der Waals surface area contributed by atoms with Crippen molar-refractivity contribution in [1.82, 2.24) is 9.88 Å². The second-order valence-corrected chi connectivity index (χ2v) is 8.05. The third kappa shape index (κ3) is 3.07. The molecular formula is C16H26N2OS. The smallest absolute Gasteiger partial charge is 0.107 e. The molecule has 0 radical (unpaired) electrons. The standard InChI is InChI=1S/C16H26N2OS/c1-11-6-4-5-9-18(11)10-13-17-14(12-7-8-12)15(20-13)16(2,3)19/h11-12,19H,4-10H2,1-3H3. The molecule has 20 heavy (non-hydrogen) atoms. The summed E-state index contributed by atoms with van der Waals surface area (Å²) in [5, 5.41) is 11.6. The number of aliphatic hydroxyl groups is 1. The first-order chi connectivity index (χ1) is 9.45. The Kier molecular flexibility index (Phi) is 3.91. The van der Waals surface area contributed by atoms with Crippen LogP contribution in [0.25, 0.3) is 0 Å². The lowest BCUT2D eigenvalue weighted by Gasteiger charge is -2.32. The molecule has 0 bridgehead atoms. The van der Waals surface area contributed by atoms with E-state index in [0.29, 0.717) is 12.0 Å². The molecule has 1 saturated heterocycles. The van der Waals surface area contributed by atoms with Gasteiger partial charge in [0.2, 0.25) is 0 Å². The largest absolute Gasteiger partial charge is 0.385 e. The predicted molar refractivity (Wildman–Crippen MR) is 83.1 cm³/mol. The number of rotatable bonds is 4. The van der Waals surface area contributed by atoms with Crippen molar-refractivity contribution in [3.63, 3.8) is 0 Å². The number of piperidine rings is 1. The van der Waals surface area contributed by atoms with E-state index >= 15 is 0 Å². The highest BCUT2D eigenvalue weighted by atomic mass is 32.1. The van der Waals surface area contributed by atoms with Crippen LogP contribution in [0.3, 0.4) is 0 Å². The van der Waals surface area contributed by atoms with Gasteiger partial charge in [-0.25, -0.2) is 4.98 Å². The Hall–Kier alpha value is -0.450. The van der Waals surface area contributed by atoms with Crippen LogP contribution in [0, 0.1) is 0 Å². The zero-order valence-corrected chi connectivity index (χ0v) is 13.7. The van der Waals surface area contributed by atoms with Gasteiger partial charge in [-0.2, -0.15) is 0 Å². The van der Waals surface area contributed by atoms with Crippen LogP contribution in [0.1, 0.15) is 74.4 Å². The van der Waals surface area contributed by atoms with E-state index in [0.717, 1.165) is 11.4 Å². The van der Waals surface area contributed by atoms with Gasteiger partial charge < -0.3 is 5.11 Å². The summed E-state index contributed by atoms with van der Waals surface area (Å²) in [7, 11) is 0. The highest BCUT2D eigenvalue weighted by Crippen LogP contribution is 2.45. The maximum atomic E-state index is 10.4. The van der Waals surface area contributed by atoms with Gasteiger partial charge >= 0.3 is 0 Å². The summed E-state index contributed by atoms with van der Waals surface area (Å²) in [5.41, 5.74) is 0.434. The molecule has 3 rings (SSSR count). The van der Waals surface area contributed by atoms with Crippen LogP contribution in [0.4, 0.5) is 0 Å².